The van der Waals surface area contributed by atoms with E-state index in [0.29, 0.717) is 39.9 Å². The van der Waals surface area contributed by atoms with Crippen molar-refractivity contribution in [3.63, 3.8) is 0 Å². The maximum Gasteiger partial charge on any atom is 0.338 e. The molecule has 2 N–H and O–H groups in total. The molecule has 1 aromatic heterocycles. The first-order valence-corrected chi connectivity index (χ1v) is 9.90. The zero-order valence-corrected chi connectivity index (χ0v) is 16.3. The van der Waals surface area contributed by atoms with E-state index in [-0.39, 0.29) is 23.8 Å². The second-order valence-corrected chi connectivity index (χ2v) is 7.75. The van der Waals surface area contributed by atoms with Gasteiger partial charge in [0.15, 0.2) is 0 Å². The highest BCUT2D eigenvalue weighted by molar-refractivity contribution is 7.99. The summed E-state index contributed by atoms with van der Waals surface area (Å²) in [5.41, 5.74) is 1.46. The van der Waals surface area contributed by atoms with Crippen LogP contribution in [0.5, 0.6) is 5.75 Å². The number of carbonyl (C=O) groups is 2. The quantitative estimate of drug-likeness (QED) is 0.501. The van der Waals surface area contributed by atoms with Gasteiger partial charge in [0.25, 0.3) is 0 Å². The third-order valence-corrected chi connectivity index (χ3v) is 5.73. The van der Waals surface area contributed by atoms with E-state index in [1.165, 1.54) is 12.1 Å². The first-order valence-electron chi connectivity index (χ1n) is 8.91. The Morgan fingerprint density at radius 3 is 2.90 bits per heavy atom. The van der Waals surface area contributed by atoms with Gasteiger partial charge in [-0.2, -0.15) is 0 Å². The van der Waals surface area contributed by atoms with Crippen molar-refractivity contribution >= 4 is 40.3 Å². The molecule has 29 heavy (non-hydrogen) atoms. The molecule has 1 aliphatic heterocycles. The van der Waals surface area contributed by atoms with E-state index in [0.717, 1.165) is 4.90 Å². The van der Waals surface area contributed by atoms with Gasteiger partial charge in [0.2, 0.25) is 5.91 Å². The molecule has 1 amide bonds. The van der Waals surface area contributed by atoms with Crippen LogP contribution in [0.3, 0.4) is 0 Å². The Labute approximate surface area is 169 Å². The Morgan fingerprint density at radius 2 is 2.07 bits per heavy atom. The SMILES string of the molecule is Cc1c(O)ccc2c(COC(=O)c3ccc4c(c3)NC(=O)CCS4)cc(=O)oc12. The first-order chi connectivity index (χ1) is 13.9. The topological polar surface area (TPSA) is 106 Å². The van der Waals surface area contributed by atoms with Crippen LogP contribution in [-0.4, -0.2) is 22.7 Å². The summed E-state index contributed by atoms with van der Waals surface area (Å²) in [6, 6.07) is 9.38. The summed E-state index contributed by atoms with van der Waals surface area (Å²) in [6.45, 7) is 1.50. The number of nitrogens with one attached hydrogen (secondary N) is 1. The molecular formula is C21H17NO6S. The second kappa shape index (κ2) is 7.63. The number of carbonyl (C=O) groups excluding carboxylic acids is 2. The lowest BCUT2D eigenvalue weighted by Gasteiger charge is -2.11. The van der Waals surface area contributed by atoms with Gasteiger partial charge in [-0.3, -0.25) is 4.79 Å². The van der Waals surface area contributed by atoms with Crippen molar-refractivity contribution < 1.29 is 23.8 Å². The van der Waals surface area contributed by atoms with E-state index in [2.05, 4.69) is 5.32 Å². The van der Waals surface area contributed by atoms with E-state index in [1.807, 2.05) is 0 Å². The average molecular weight is 411 g/mol. The number of benzene rings is 2. The first kappa shape index (κ1) is 19.1. The van der Waals surface area contributed by atoms with Gasteiger partial charge < -0.3 is 19.6 Å². The Bertz CT molecular complexity index is 1200. The molecule has 0 spiro atoms. The third kappa shape index (κ3) is 3.84. The lowest BCUT2D eigenvalue weighted by Crippen LogP contribution is -2.12. The number of hydrogen-bond donors (Lipinski definition) is 2. The highest BCUT2D eigenvalue weighted by Gasteiger charge is 2.17. The summed E-state index contributed by atoms with van der Waals surface area (Å²) >= 11 is 1.55. The van der Waals surface area contributed by atoms with Gasteiger partial charge in [-0.25, -0.2) is 9.59 Å². The lowest BCUT2D eigenvalue weighted by atomic mass is 10.1. The summed E-state index contributed by atoms with van der Waals surface area (Å²) in [7, 11) is 0. The summed E-state index contributed by atoms with van der Waals surface area (Å²) < 4.78 is 10.6. The number of fused-ring (bicyclic) bond motifs is 2. The number of phenols is 1. The van der Waals surface area contributed by atoms with Gasteiger partial charge in [0.1, 0.15) is 17.9 Å². The summed E-state index contributed by atoms with van der Waals surface area (Å²) in [5, 5.41) is 13.2. The molecule has 148 valence electrons. The van der Waals surface area contributed by atoms with Crippen LogP contribution in [0, 0.1) is 6.92 Å². The molecule has 2 aromatic carbocycles. The molecule has 0 saturated carbocycles. The average Bonchev–Trinajstić information content (AvgIpc) is 2.88. The molecule has 2 heterocycles. The number of anilines is 1. The van der Waals surface area contributed by atoms with Crippen molar-refractivity contribution in [1.29, 1.82) is 0 Å². The largest absolute Gasteiger partial charge is 0.508 e. The Morgan fingerprint density at radius 1 is 1.24 bits per heavy atom. The standard InChI is InChI=1S/C21H17NO6S/c1-11-16(23)4-3-14-13(9-19(25)28-20(11)14)10-27-21(26)12-2-5-17-15(8-12)22-18(24)6-7-29-17/h2-5,8-9,23H,6-7,10H2,1H3,(H,22,24). The van der Waals surface area contributed by atoms with E-state index in [4.69, 9.17) is 9.15 Å². The number of amides is 1. The number of hydrogen-bond acceptors (Lipinski definition) is 7. The van der Waals surface area contributed by atoms with Crippen LogP contribution < -0.4 is 10.9 Å². The number of ether oxygens (including phenoxy) is 1. The van der Waals surface area contributed by atoms with Crippen molar-refractivity contribution in [3.05, 3.63) is 63.5 Å². The molecule has 0 unspecified atom stereocenters. The van der Waals surface area contributed by atoms with Crippen LogP contribution >= 0.6 is 11.8 Å². The third-order valence-electron chi connectivity index (χ3n) is 4.65. The molecule has 0 fully saturated rings. The van der Waals surface area contributed by atoms with E-state index in [9.17, 15) is 19.5 Å². The van der Waals surface area contributed by atoms with Crippen molar-refractivity contribution in [1.82, 2.24) is 0 Å². The number of esters is 1. The highest BCUT2D eigenvalue weighted by atomic mass is 32.2. The molecule has 7 nitrogen and oxygen atoms in total. The van der Waals surface area contributed by atoms with Gasteiger partial charge in [0, 0.05) is 39.6 Å². The predicted octanol–water partition coefficient (Wildman–Crippen LogP) is 3.60. The summed E-state index contributed by atoms with van der Waals surface area (Å²) in [6.07, 6.45) is 0.414. The Balaban J connectivity index is 1.59. The zero-order valence-electron chi connectivity index (χ0n) is 15.5. The fourth-order valence-electron chi connectivity index (χ4n) is 3.11. The maximum atomic E-state index is 12.5. The number of aryl methyl sites for hydroxylation is 1. The molecule has 8 heteroatoms. The van der Waals surface area contributed by atoms with Gasteiger partial charge in [-0.1, -0.05) is 0 Å². The number of phenolic OH excluding ortho intramolecular Hbond substituents is 1. The van der Waals surface area contributed by atoms with Crippen molar-refractivity contribution in [2.45, 2.75) is 24.8 Å². The maximum absolute atomic E-state index is 12.5. The zero-order chi connectivity index (χ0) is 20.5. The van der Waals surface area contributed by atoms with E-state index in [1.54, 1.807) is 43.0 Å². The van der Waals surface area contributed by atoms with Gasteiger partial charge in [0.05, 0.1) is 11.3 Å². The normalized spacial score (nSPS) is 13.5. The molecule has 0 saturated heterocycles. The van der Waals surface area contributed by atoms with Gasteiger partial charge >= 0.3 is 11.6 Å². The fraction of sp³-hybridized carbons (Fsp3) is 0.190. The van der Waals surface area contributed by atoms with Crippen LogP contribution in [0.1, 0.15) is 27.9 Å². The van der Waals surface area contributed by atoms with Crippen LogP contribution in [0.2, 0.25) is 0 Å². The molecule has 0 bridgehead atoms. The second-order valence-electron chi connectivity index (χ2n) is 6.61. The van der Waals surface area contributed by atoms with E-state index < -0.39 is 11.6 Å². The lowest BCUT2D eigenvalue weighted by molar-refractivity contribution is -0.115. The van der Waals surface area contributed by atoms with Crippen LogP contribution in [0.4, 0.5) is 5.69 Å². The minimum absolute atomic E-state index is 0.0136. The van der Waals surface area contributed by atoms with Crippen LogP contribution in [0.15, 0.2) is 50.5 Å². The molecule has 1 aliphatic rings. The minimum atomic E-state index is -0.595. The summed E-state index contributed by atoms with van der Waals surface area (Å²) in [5.74, 6) is 0.0251. The van der Waals surface area contributed by atoms with Crippen LogP contribution in [-0.2, 0) is 16.1 Å². The van der Waals surface area contributed by atoms with E-state index >= 15 is 0 Å². The number of thioether (sulfide) groups is 1. The number of aromatic hydroxyl groups is 1. The molecule has 0 radical (unpaired) electrons. The number of rotatable bonds is 3. The highest BCUT2D eigenvalue weighted by Crippen LogP contribution is 2.32. The molecule has 0 aliphatic carbocycles. The fourth-order valence-corrected chi connectivity index (χ4v) is 4.05. The molecule has 4 rings (SSSR count). The van der Waals surface area contributed by atoms with Gasteiger partial charge in [-0.15, -0.1) is 11.8 Å². The molecule has 3 aromatic rings. The predicted molar refractivity (Wildman–Crippen MR) is 108 cm³/mol. The van der Waals surface area contributed by atoms with Crippen molar-refractivity contribution in [2.75, 3.05) is 11.1 Å². The van der Waals surface area contributed by atoms with Crippen molar-refractivity contribution in [3.8, 4) is 5.75 Å². The Kier molecular flexibility index (Phi) is 5.02. The van der Waals surface area contributed by atoms with Gasteiger partial charge in [-0.05, 0) is 37.3 Å². The molecular weight excluding hydrogens is 394 g/mol. The molecule has 0 atom stereocenters. The smallest absolute Gasteiger partial charge is 0.338 e. The Hall–Kier alpha value is -3.26. The minimum Gasteiger partial charge on any atom is -0.508 e. The van der Waals surface area contributed by atoms with Crippen molar-refractivity contribution in [2.24, 2.45) is 0 Å². The summed E-state index contributed by atoms with van der Waals surface area (Å²) in [4.78, 5) is 37.1. The van der Waals surface area contributed by atoms with Crippen LogP contribution in [0.25, 0.3) is 11.0 Å². The monoisotopic (exact) mass is 411 g/mol.